The van der Waals surface area contributed by atoms with Gasteiger partial charge in [0.2, 0.25) is 0 Å². The van der Waals surface area contributed by atoms with Crippen molar-refractivity contribution in [1.82, 2.24) is 5.32 Å². The Morgan fingerprint density at radius 2 is 1.86 bits per heavy atom. The number of carbonyl (C=O) groups excluding carboxylic acids is 1. The van der Waals surface area contributed by atoms with Gasteiger partial charge in [0, 0.05) is 5.56 Å². The molecule has 1 unspecified atom stereocenters. The smallest absolute Gasteiger partial charge is 0.251 e. The minimum Gasteiger partial charge on any atom is -0.493 e. The summed E-state index contributed by atoms with van der Waals surface area (Å²) >= 11 is 0. The van der Waals surface area contributed by atoms with Crippen LogP contribution in [0.5, 0.6) is 11.5 Å². The number of amides is 1. The third kappa shape index (κ3) is 3.79. The second-order valence-electron chi connectivity index (χ2n) is 4.90. The van der Waals surface area contributed by atoms with Crippen molar-refractivity contribution in [2.45, 2.75) is 19.9 Å². The molecule has 22 heavy (non-hydrogen) atoms. The Morgan fingerprint density at radius 3 is 2.50 bits per heavy atom. The summed E-state index contributed by atoms with van der Waals surface area (Å²) in [5.74, 6) is 1.06. The van der Waals surface area contributed by atoms with Crippen LogP contribution in [0.2, 0.25) is 0 Å². The Bertz CT molecular complexity index is 625. The van der Waals surface area contributed by atoms with Crippen molar-refractivity contribution >= 4 is 5.91 Å². The maximum atomic E-state index is 12.4. The Kier molecular flexibility index (Phi) is 5.42. The maximum Gasteiger partial charge on any atom is 0.251 e. The van der Waals surface area contributed by atoms with Gasteiger partial charge in [-0.05, 0) is 37.6 Å². The molecule has 0 aliphatic heterocycles. The van der Waals surface area contributed by atoms with Gasteiger partial charge < -0.3 is 14.8 Å². The van der Waals surface area contributed by atoms with Gasteiger partial charge >= 0.3 is 0 Å². The van der Waals surface area contributed by atoms with Gasteiger partial charge in [-0.2, -0.15) is 0 Å². The number of benzene rings is 2. The average Bonchev–Trinajstić information content (AvgIpc) is 2.55. The average molecular weight is 299 g/mol. The van der Waals surface area contributed by atoms with Crippen molar-refractivity contribution in [2.24, 2.45) is 0 Å². The molecule has 116 valence electrons. The molecule has 0 aliphatic carbocycles. The zero-order valence-electron chi connectivity index (χ0n) is 13.1. The van der Waals surface area contributed by atoms with E-state index in [-0.39, 0.29) is 11.9 Å². The monoisotopic (exact) mass is 299 g/mol. The highest BCUT2D eigenvalue weighted by atomic mass is 16.5. The molecule has 0 heterocycles. The molecule has 0 fully saturated rings. The van der Waals surface area contributed by atoms with Crippen LogP contribution in [0.1, 0.15) is 35.8 Å². The van der Waals surface area contributed by atoms with Gasteiger partial charge in [0.15, 0.2) is 11.5 Å². The quantitative estimate of drug-likeness (QED) is 0.887. The van der Waals surface area contributed by atoms with Crippen LogP contribution < -0.4 is 14.8 Å². The van der Waals surface area contributed by atoms with Gasteiger partial charge in [0.25, 0.3) is 5.91 Å². The SMILES string of the molecule is CCOc1cc(C(=O)NC(C)c2ccccc2)ccc1OC. The van der Waals surface area contributed by atoms with E-state index < -0.39 is 0 Å². The highest BCUT2D eigenvalue weighted by Gasteiger charge is 2.14. The second kappa shape index (κ2) is 7.50. The van der Waals surface area contributed by atoms with Crippen molar-refractivity contribution in [3.63, 3.8) is 0 Å². The fourth-order valence-corrected chi connectivity index (χ4v) is 2.19. The number of carbonyl (C=O) groups is 1. The zero-order chi connectivity index (χ0) is 15.9. The van der Waals surface area contributed by atoms with Crippen molar-refractivity contribution in [2.75, 3.05) is 13.7 Å². The Balaban J connectivity index is 2.14. The largest absolute Gasteiger partial charge is 0.493 e. The minimum absolute atomic E-state index is 0.0636. The van der Waals surface area contributed by atoms with Crippen LogP contribution >= 0.6 is 0 Å². The highest BCUT2D eigenvalue weighted by molar-refractivity contribution is 5.95. The van der Waals surface area contributed by atoms with Crippen LogP contribution in [0, 0.1) is 0 Å². The first-order valence-corrected chi connectivity index (χ1v) is 7.32. The van der Waals surface area contributed by atoms with Crippen LogP contribution in [0.4, 0.5) is 0 Å². The summed E-state index contributed by atoms with van der Waals surface area (Å²) in [6.45, 7) is 4.37. The summed E-state index contributed by atoms with van der Waals surface area (Å²) in [6.07, 6.45) is 0. The number of hydrogen-bond donors (Lipinski definition) is 1. The van der Waals surface area contributed by atoms with E-state index in [2.05, 4.69) is 5.32 Å². The first-order valence-electron chi connectivity index (χ1n) is 7.32. The lowest BCUT2D eigenvalue weighted by Gasteiger charge is -2.15. The second-order valence-corrected chi connectivity index (χ2v) is 4.90. The predicted molar refractivity (Wildman–Crippen MR) is 86.5 cm³/mol. The van der Waals surface area contributed by atoms with Crippen molar-refractivity contribution < 1.29 is 14.3 Å². The van der Waals surface area contributed by atoms with Gasteiger partial charge in [0.05, 0.1) is 19.8 Å². The van der Waals surface area contributed by atoms with Gasteiger partial charge in [-0.25, -0.2) is 0 Å². The van der Waals surface area contributed by atoms with Crippen molar-refractivity contribution in [3.05, 3.63) is 59.7 Å². The van der Waals surface area contributed by atoms with Gasteiger partial charge in [-0.15, -0.1) is 0 Å². The third-order valence-electron chi connectivity index (χ3n) is 3.37. The number of ether oxygens (including phenoxy) is 2. The van der Waals surface area contributed by atoms with E-state index in [4.69, 9.17) is 9.47 Å². The molecule has 0 aliphatic rings. The molecule has 0 radical (unpaired) electrons. The van der Waals surface area contributed by atoms with Crippen LogP contribution in [0.15, 0.2) is 48.5 Å². The van der Waals surface area contributed by atoms with E-state index >= 15 is 0 Å². The van der Waals surface area contributed by atoms with E-state index in [0.29, 0.717) is 23.7 Å². The Hall–Kier alpha value is -2.49. The van der Waals surface area contributed by atoms with Crippen LogP contribution in [-0.4, -0.2) is 19.6 Å². The normalized spacial score (nSPS) is 11.6. The molecule has 0 saturated carbocycles. The third-order valence-corrected chi connectivity index (χ3v) is 3.37. The molecule has 2 aromatic carbocycles. The molecule has 0 aromatic heterocycles. The maximum absolute atomic E-state index is 12.4. The molecule has 0 spiro atoms. The van der Waals surface area contributed by atoms with Crippen molar-refractivity contribution in [1.29, 1.82) is 0 Å². The van der Waals surface area contributed by atoms with E-state index in [1.165, 1.54) is 0 Å². The highest BCUT2D eigenvalue weighted by Crippen LogP contribution is 2.28. The topological polar surface area (TPSA) is 47.6 Å². The molecule has 0 bridgehead atoms. The molecule has 0 saturated heterocycles. The molecule has 2 rings (SSSR count). The standard InChI is InChI=1S/C18H21NO3/c1-4-22-17-12-15(10-11-16(17)21-3)18(20)19-13(2)14-8-6-5-7-9-14/h5-13H,4H2,1-3H3,(H,19,20). The summed E-state index contributed by atoms with van der Waals surface area (Å²) in [4.78, 5) is 12.4. The minimum atomic E-state index is -0.139. The number of nitrogens with one attached hydrogen (secondary N) is 1. The van der Waals surface area contributed by atoms with E-state index in [9.17, 15) is 4.79 Å². The lowest BCUT2D eigenvalue weighted by Crippen LogP contribution is -2.26. The number of hydrogen-bond acceptors (Lipinski definition) is 3. The summed E-state index contributed by atoms with van der Waals surface area (Å²) < 4.78 is 10.7. The molecule has 1 atom stereocenters. The Morgan fingerprint density at radius 1 is 1.14 bits per heavy atom. The summed E-state index contributed by atoms with van der Waals surface area (Å²) in [5, 5.41) is 2.98. The molecular weight excluding hydrogens is 278 g/mol. The molecule has 1 amide bonds. The first-order chi connectivity index (χ1) is 10.7. The lowest BCUT2D eigenvalue weighted by atomic mass is 10.1. The van der Waals surface area contributed by atoms with Crippen LogP contribution in [-0.2, 0) is 0 Å². The first kappa shape index (κ1) is 15.9. The number of rotatable bonds is 6. The molecular formula is C18H21NO3. The molecule has 4 heteroatoms. The molecule has 4 nitrogen and oxygen atoms in total. The number of methoxy groups -OCH3 is 1. The molecule has 1 N–H and O–H groups in total. The fourth-order valence-electron chi connectivity index (χ4n) is 2.19. The fraction of sp³-hybridized carbons (Fsp3) is 0.278. The summed E-state index contributed by atoms with van der Waals surface area (Å²) in [7, 11) is 1.58. The lowest BCUT2D eigenvalue weighted by molar-refractivity contribution is 0.0939. The predicted octanol–water partition coefficient (Wildman–Crippen LogP) is 3.58. The van der Waals surface area contributed by atoms with Gasteiger partial charge in [0.1, 0.15) is 0 Å². The zero-order valence-corrected chi connectivity index (χ0v) is 13.1. The summed E-state index contributed by atoms with van der Waals surface area (Å²) in [5.41, 5.74) is 1.61. The van der Waals surface area contributed by atoms with E-state index in [1.54, 1.807) is 25.3 Å². The molecule has 2 aromatic rings. The summed E-state index contributed by atoms with van der Waals surface area (Å²) in [6, 6.07) is 15.0. The van der Waals surface area contributed by atoms with Crippen LogP contribution in [0.3, 0.4) is 0 Å². The van der Waals surface area contributed by atoms with E-state index in [0.717, 1.165) is 5.56 Å². The van der Waals surface area contributed by atoms with Crippen molar-refractivity contribution in [3.8, 4) is 11.5 Å². The van der Waals surface area contributed by atoms with Gasteiger partial charge in [-0.3, -0.25) is 4.79 Å². The van der Waals surface area contributed by atoms with E-state index in [1.807, 2.05) is 44.2 Å². The van der Waals surface area contributed by atoms with Crippen LogP contribution in [0.25, 0.3) is 0 Å². The Labute approximate surface area is 131 Å². The van der Waals surface area contributed by atoms with Gasteiger partial charge in [-0.1, -0.05) is 30.3 Å².